The number of aliphatic hydroxyl groups excluding tert-OH is 2. The van der Waals surface area contributed by atoms with Gasteiger partial charge in [0, 0.05) is 18.8 Å². The van der Waals surface area contributed by atoms with Crippen LogP contribution in [0.15, 0.2) is 54.9 Å². The molecule has 0 saturated heterocycles. The molecule has 0 bridgehead atoms. The summed E-state index contributed by atoms with van der Waals surface area (Å²) < 4.78 is 5.37. The average molecular weight is 670 g/mol. The fourth-order valence-electron chi connectivity index (χ4n) is 5.20. The molecule has 0 spiro atoms. The van der Waals surface area contributed by atoms with E-state index in [4.69, 9.17) is 4.74 Å². The molecule has 1 aromatic carbocycles. The molecule has 0 aliphatic carbocycles. The lowest BCUT2D eigenvalue weighted by atomic mass is 9.95. The molecule has 12 nitrogen and oxygen atoms in total. The minimum absolute atomic E-state index is 0.0127. The van der Waals surface area contributed by atoms with Gasteiger partial charge < -0.3 is 36.2 Å². The molecule has 2 rings (SSSR count). The first-order valence-electron chi connectivity index (χ1n) is 16.9. The highest BCUT2D eigenvalue weighted by molar-refractivity contribution is 5.91. The number of hydrogen-bond donors (Lipinski definition) is 6. The van der Waals surface area contributed by atoms with Gasteiger partial charge in [-0.05, 0) is 53.9 Å². The molecular formula is C36H55N5O7. The van der Waals surface area contributed by atoms with Gasteiger partial charge in [-0.25, -0.2) is 4.79 Å². The van der Waals surface area contributed by atoms with Gasteiger partial charge in [-0.15, -0.1) is 0 Å². The Morgan fingerprint density at radius 3 is 1.98 bits per heavy atom. The van der Waals surface area contributed by atoms with Crippen LogP contribution in [-0.4, -0.2) is 75.9 Å². The van der Waals surface area contributed by atoms with Crippen molar-refractivity contribution in [3.63, 3.8) is 0 Å². The van der Waals surface area contributed by atoms with Gasteiger partial charge >= 0.3 is 6.09 Å². The van der Waals surface area contributed by atoms with Crippen molar-refractivity contribution >= 4 is 23.8 Å². The van der Waals surface area contributed by atoms with E-state index in [2.05, 4.69) is 26.3 Å². The van der Waals surface area contributed by atoms with Crippen LogP contribution < -0.4 is 21.3 Å². The Morgan fingerprint density at radius 1 is 0.771 bits per heavy atom. The predicted octanol–water partition coefficient (Wildman–Crippen LogP) is 3.26. The monoisotopic (exact) mass is 669 g/mol. The van der Waals surface area contributed by atoms with Crippen molar-refractivity contribution in [1.29, 1.82) is 0 Å². The number of carbonyl (C=O) groups is 4. The summed E-state index contributed by atoms with van der Waals surface area (Å²) in [6.07, 6.45) is 2.47. The summed E-state index contributed by atoms with van der Waals surface area (Å²) in [5, 5.41) is 31.9. The number of aliphatic hydroxyl groups is 2. The summed E-state index contributed by atoms with van der Waals surface area (Å²) >= 11 is 0. The zero-order chi connectivity index (χ0) is 35.6. The second-order valence-electron chi connectivity index (χ2n) is 13.3. The largest absolute Gasteiger partial charge is 0.445 e. The van der Waals surface area contributed by atoms with Crippen molar-refractivity contribution in [2.45, 2.75) is 111 Å². The van der Waals surface area contributed by atoms with Crippen molar-refractivity contribution in [1.82, 2.24) is 26.3 Å². The third-order valence-electron chi connectivity index (χ3n) is 8.14. The molecule has 0 radical (unpaired) electrons. The maximum atomic E-state index is 13.7. The van der Waals surface area contributed by atoms with E-state index in [0.717, 1.165) is 17.5 Å². The number of aromatic nitrogens is 1. The Labute approximate surface area is 284 Å². The number of ether oxygens (including phenoxy) is 1. The highest BCUT2D eigenvalue weighted by Crippen LogP contribution is 2.15. The highest BCUT2D eigenvalue weighted by atomic mass is 16.5. The number of carbonyl (C=O) groups excluding carboxylic acids is 4. The van der Waals surface area contributed by atoms with Crippen LogP contribution in [0.25, 0.3) is 0 Å². The number of hydrogen-bond acceptors (Lipinski definition) is 8. The molecule has 0 aliphatic heterocycles. The quantitative estimate of drug-likeness (QED) is 0.124. The van der Waals surface area contributed by atoms with Crippen LogP contribution in [0.4, 0.5) is 4.79 Å². The summed E-state index contributed by atoms with van der Waals surface area (Å²) in [6.45, 7) is 11.4. The Balaban J connectivity index is 2.18. The molecule has 6 atom stereocenters. The molecule has 2 aromatic rings. The number of rotatable bonds is 20. The van der Waals surface area contributed by atoms with Crippen molar-refractivity contribution < 1.29 is 34.1 Å². The average Bonchev–Trinajstić information content (AvgIpc) is 3.05. The molecule has 1 aromatic heterocycles. The molecule has 266 valence electrons. The van der Waals surface area contributed by atoms with E-state index in [9.17, 15) is 29.4 Å². The molecule has 0 saturated carbocycles. The third-order valence-corrected chi connectivity index (χ3v) is 8.14. The molecule has 0 fully saturated rings. The van der Waals surface area contributed by atoms with E-state index < -0.39 is 54.1 Å². The maximum absolute atomic E-state index is 13.7. The first-order valence-corrected chi connectivity index (χ1v) is 16.9. The highest BCUT2D eigenvalue weighted by Gasteiger charge is 2.32. The number of pyridine rings is 1. The zero-order valence-corrected chi connectivity index (χ0v) is 29.1. The topological polar surface area (TPSA) is 179 Å². The smallest absolute Gasteiger partial charge is 0.408 e. The van der Waals surface area contributed by atoms with E-state index in [1.807, 2.05) is 71.9 Å². The normalized spacial score (nSPS) is 15.0. The zero-order valence-electron chi connectivity index (χ0n) is 29.1. The number of benzene rings is 1. The lowest BCUT2D eigenvalue weighted by Gasteiger charge is -2.30. The molecule has 6 N–H and O–H groups in total. The van der Waals surface area contributed by atoms with Gasteiger partial charge in [-0.3, -0.25) is 19.4 Å². The van der Waals surface area contributed by atoms with E-state index >= 15 is 0 Å². The Kier molecular flexibility index (Phi) is 17.6. The molecule has 12 heteroatoms. The third kappa shape index (κ3) is 14.8. The Morgan fingerprint density at radius 2 is 1.40 bits per heavy atom. The Hall–Kier alpha value is -4.03. The van der Waals surface area contributed by atoms with Crippen LogP contribution in [0.1, 0.15) is 78.4 Å². The summed E-state index contributed by atoms with van der Waals surface area (Å²) in [7, 11) is 0. The van der Waals surface area contributed by atoms with Gasteiger partial charge in [0.2, 0.25) is 17.7 Å². The second-order valence-corrected chi connectivity index (χ2v) is 13.3. The van der Waals surface area contributed by atoms with Crippen molar-refractivity contribution in [3.05, 3.63) is 66.0 Å². The number of nitrogens with zero attached hydrogens (tertiary/aromatic N) is 1. The van der Waals surface area contributed by atoms with Crippen LogP contribution in [0.2, 0.25) is 0 Å². The van der Waals surface area contributed by atoms with Crippen molar-refractivity contribution in [2.75, 3.05) is 6.61 Å². The number of amides is 4. The molecule has 0 aliphatic rings. The van der Waals surface area contributed by atoms with Crippen molar-refractivity contribution in [2.24, 2.45) is 17.8 Å². The minimum atomic E-state index is -1.21. The minimum Gasteiger partial charge on any atom is -0.445 e. The number of nitrogens with one attached hydrogen (secondary N) is 4. The van der Waals surface area contributed by atoms with Gasteiger partial charge in [0.15, 0.2) is 0 Å². The van der Waals surface area contributed by atoms with Crippen LogP contribution >= 0.6 is 0 Å². The van der Waals surface area contributed by atoms with Crippen molar-refractivity contribution in [3.8, 4) is 0 Å². The lowest BCUT2D eigenvalue weighted by molar-refractivity contribution is -0.132. The van der Waals surface area contributed by atoms with Crippen LogP contribution in [0, 0.1) is 17.8 Å². The first kappa shape index (κ1) is 40.1. The molecule has 4 amide bonds. The van der Waals surface area contributed by atoms with Gasteiger partial charge in [0.25, 0.3) is 0 Å². The SMILES string of the molecule is CC[C@H](C)[C@@H](CO)NC(=O)C[C@H](O)[C@H](CC(C)C)NC(=O)[C@H](CC(C)C)NC(=O)[C@H](Cc1ccncc1)NC(=O)OCc1ccccc1. The molecular weight excluding hydrogens is 614 g/mol. The molecule has 1 heterocycles. The lowest BCUT2D eigenvalue weighted by Crippen LogP contribution is -2.57. The summed E-state index contributed by atoms with van der Waals surface area (Å²) in [6, 6.07) is 9.34. The second kappa shape index (κ2) is 21.0. The summed E-state index contributed by atoms with van der Waals surface area (Å²) in [5.74, 6) is -1.38. The fraction of sp³-hybridized carbons (Fsp3) is 0.583. The number of alkyl carbamates (subject to hydrolysis) is 1. The van der Waals surface area contributed by atoms with Crippen LogP contribution in [0.3, 0.4) is 0 Å². The van der Waals surface area contributed by atoms with E-state index in [-0.39, 0.29) is 50.2 Å². The van der Waals surface area contributed by atoms with E-state index in [1.165, 1.54) is 0 Å². The molecule has 0 unspecified atom stereocenters. The first-order chi connectivity index (χ1) is 22.8. The van der Waals surface area contributed by atoms with Crippen LogP contribution in [0.5, 0.6) is 0 Å². The van der Waals surface area contributed by atoms with Gasteiger partial charge in [0.05, 0.1) is 31.2 Å². The van der Waals surface area contributed by atoms with Gasteiger partial charge in [0.1, 0.15) is 18.7 Å². The Bertz CT molecular complexity index is 1260. The maximum Gasteiger partial charge on any atom is 0.408 e. The van der Waals surface area contributed by atoms with Gasteiger partial charge in [-0.2, -0.15) is 0 Å². The standard InChI is InChI=1S/C36H55N5O7/c1-7-25(6)31(21-42)38-33(44)20-32(43)28(17-23(2)3)39-34(45)29(18-24(4)5)40-35(46)30(19-26-13-15-37-16-14-26)41-36(47)48-22-27-11-9-8-10-12-27/h8-16,23-25,28-32,42-43H,7,17-22H2,1-6H3,(H,38,44)(H,39,45)(H,40,46)(H,41,47)/t25-,28-,29-,30-,31+,32-/m0/s1. The summed E-state index contributed by atoms with van der Waals surface area (Å²) in [5.41, 5.74) is 1.53. The fourth-order valence-corrected chi connectivity index (χ4v) is 5.20. The van der Waals surface area contributed by atoms with E-state index in [1.54, 1.807) is 24.5 Å². The predicted molar refractivity (Wildman–Crippen MR) is 183 cm³/mol. The summed E-state index contributed by atoms with van der Waals surface area (Å²) in [4.78, 5) is 57.0. The van der Waals surface area contributed by atoms with E-state index in [0.29, 0.717) is 6.42 Å². The van der Waals surface area contributed by atoms with Gasteiger partial charge in [-0.1, -0.05) is 78.3 Å². The molecule has 48 heavy (non-hydrogen) atoms. The van der Waals surface area contributed by atoms with Crippen LogP contribution in [-0.2, 0) is 32.1 Å².